The summed E-state index contributed by atoms with van der Waals surface area (Å²) in [6, 6.07) is 5.74. The van der Waals surface area contributed by atoms with Gasteiger partial charge in [0.2, 0.25) is 5.91 Å². The molecule has 1 fully saturated rings. The van der Waals surface area contributed by atoms with E-state index in [2.05, 4.69) is 24.1 Å². The van der Waals surface area contributed by atoms with E-state index in [9.17, 15) is 4.79 Å². The maximum Gasteiger partial charge on any atom is 0.220 e. The Bertz CT molecular complexity index is 544. The minimum Gasteiger partial charge on any atom is -0.497 e. The van der Waals surface area contributed by atoms with Gasteiger partial charge in [0, 0.05) is 32.1 Å². The van der Waals surface area contributed by atoms with Gasteiger partial charge in [0.15, 0.2) is 0 Å². The fraction of sp³-hybridized carbons (Fsp3) is 0.667. The van der Waals surface area contributed by atoms with Crippen LogP contribution < -0.4 is 14.8 Å². The zero-order chi connectivity index (χ0) is 18.9. The highest BCUT2D eigenvalue weighted by Gasteiger charge is 2.21. The van der Waals surface area contributed by atoms with E-state index in [4.69, 9.17) is 9.47 Å². The van der Waals surface area contributed by atoms with Crippen LogP contribution in [-0.2, 0) is 11.2 Å². The van der Waals surface area contributed by atoms with Crippen LogP contribution in [0.2, 0.25) is 0 Å². The molecule has 1 amide bonds. The molecule has 0 spiro atoms. The fourth-order valence-corrected chi connectivity index (χ4v) is 3.86. The van der Waals surface area contributed by atoms with E-state index in [1.807, 2.05) is 18.2 Å². The summed E-state index contributed by atoms with van der Waals surface area (Å²) in [5.74, 6) is 3.18. The third-order valence-corrected chi connectivity index (χ3v) is 4.97. The average molecular weight is 363 g/mol. The topological polar surface area (TPSA) is 50.8 Å². The number of likely N-dealkylation sites (tertiary alicyclic amines) is 1. The first-order valence-corrected chi connectivity index (χ1v) is 9.71. The Labute approximate surface area is 158 Å². The van der Waals surface area contributed by atoms with Crippen LogP contribution in [0, 0.1) is 11.8 Å². The Balaban J connectivity index is 1.66. The number of methoxy groups -OCH3 is 2. The number of carbonyl (C=O) groups is 1. The summed E-state index contributed by atoms with van der Waals surface area (Å²) >= 11 is 0. The van der Waals surface area contributed by atoms with Gasteiger partial charge in [0.05, 0.1) is 14.2 Å². The van der Waals surface area contributed by atoms with Crippen LogP contribution in [-0.4, -0.2) is 51.2 Å². The van der Waals surface area contributed by atoms with Gasteiger partial charge < -0.3 is 19.7 Å². The first-order valence-electron chi connectivity index (χ1n) is 9.71. The summed E-state index contributed by atoms with van der Waals surface area (Å²) in [4.78, 5) is 14.6. The molecule has 1 aromatic rings. The predicted molar refractivity (Wildman–Crippen MR) is 105 cm³/mol. The summed E-state index contributed by atoms with van der Waals surface area (Å²) in [5.41, 5.74) is 1.05. The predicted octanol–water partition coefficient (Wildman–Crippen LogP) is 3.12. The van der Waals surface area contributed by atoms with Crippen LogP contribution >= 0.6 is 0 Å². The molecule has 2 rings (SSSR count). The van der Waals surface area contributed by atoms with E-state index in [-0.39, 0.29) is 5.91 Å². The van der Waals surface area contributed by atoms with Gasteiger partial charge in [-0.15, -0.1) is 0 Å². The molecular formula is C21H34N2O3. The molecule has 1 heterocycles. The zero-order valence-electron chi connectivity index (χ0n) is 16.7. The van der Waals surface area contributed by atoms with E-state index >= 15 is 0 Å². The zero-order valence-corrected chi connectivity index (χ0v) is 16.7. The highest BCUT2D eigenvalue weighted by molar-refractivity contribution is 5.76. The molecular weight excluding hydrogens is 328 g/mol. The number of amides is 1. The summed E-state index contributed by atoms with van der Waals surface area (Å²) in [6.07, 6.45) is 3.51. The van der Waals surface area contributed by atoms with Gasteiger partial charge in [-0.2, -0.15) is 0 Å². The average Bonchev–Trinajstić information content (AvgIpc) is 2.62. The van der Waals surface area contributed by atoms with Crippen molar-refractivity contribution in [2.75, 3.05) is 40.4 Å². The number of hydrogen-bond donors (Lipinski definition) is 1. The molecule has 2 atom stereocenters. The Morgan fingerprint density at radius 2 is 1.73 bits per heavy atom. The number of piperidine rings is 1. The van der Waals surface area contributed by atoms with Crippen LogP contribution in [0.4, 0.5) is 0 Å². The van der Waals surface area contributed by atoms with Gasteiger partial charge in [0.1, 0.15) is 11.5 Å². The highest BCUT2D eigenvalue weighted by atomic mass is 16.5. The molecule has 0 radical (unpaired) electrons. The molecule has 1 aliphatic rings. The number of hydrogen-bond acceptors (Lipinski definition) is 4. The van der Waals surface area contributed by atoms with Crippen LogP contribution in [0.25, 0.3) is 0 Å². The van der Waals surface area contributed by atoms with Crippen molar-refractivity contribution in [3.8, 4) is 11.5 Å². The molecule has 5 nitrogen and oxygen atoms in total. The molecule has 1 aliphatic heterocycles. The van der Waals surface area contributed by atoms with E-state index < -0.39 is 0 Å². The second-order valence-electron chi connectivity index (χ2n) is 7.63. The maximum atomic E-state index is 12.1. The number of carbonyl (C=O) groups excluding carboxylic acids is 1. The fourth-order valence-electron chi connectivity index (χ4n) is 3.86. The van der Waals surface area contributed by atoms with E-state index in [0.717, 1.165) is 48.4 Å². The first kappa shape index (κ1) is 20.6. The second-order valence-corrected chi connectivity index (χ2v) is 7.63. The SMILES string of the molecule is COc1cc(CCC(=O)NCCCN2C[C@H](C)C[C@@H](C)C2)cc(OC)c1. The number of rotatable bonds is 9. The first-order chi connectivity index (χ1) is 12.5. The van der Waals surface area contributed by atoms with Gasteiger partial charge in [-0.3, -0.25) is 4.79 Å². The van der Waals surface area contributed by atoms with Crippen LogP contribution in [0.5, 0.6) is 11.5 Å². The summed E-state index contributed by atoms with van der Waals surface area (Å²) in [5, 5.41) is 3.04. The monoisotopic (exact) mass is 362 g/mol. The Morgan fingerprint density at radius 1 is 1.12 bits per heavy atom. The summed E-state index contributed by atoms with van der Waals surface area (Å²) in [7, 11) is 3.27. The molecule has 0 aliphatic carbocycles. The van der Waals surface area contributed by atoms with Gasteiger partial charge in [-0.1, -0.05) is 13.8 Å². The molecule has 0 saturated carbocycles. The van der Waals surface area contributed by atoms with Crippen molar-refractivity contribution < 1.29 is 14.3 Å². The van der Waals surface area contributed by atoms with Crippen molar-refractivity contribution in [1.82, 2.24) is 10.2 Å². The molecule has 1 N–H and O–H groups in total. The van der Waals surface area contributed by atoms with E-state index in [1.54, 1.807) is 14.2 Å². The van der Waals surface area contributed by atoms with Crippen LogP contribution in [0.15, 0.2) is 18.2 Å². The number of nitrogens with zero attached hydrogens (tertiary/aromatic N) is 1. The number of nitrogens with one attached hydrogen (secondary N) is 1. The van der Waals surface area contributed by atoms with Crippen LogP contribution in [0.3, 0.4) is 0 Å². The summed E-state index contributed by atoms with van der Waals surface area (Å²) in [6.45, 7) is 8.86. The number of ether oxygens (including phenoxy) is 2. The van der Waals surface area contributed by atoms with Gasteiger partial charge in [-0.05, 0) is 55.3 Å². The van der Waals surface area contributed by atoms with Crippen molar-refractivity contribution in [2.24, 2.45) is 11.8 Å². The molecule has 0 aromatic heterocycles. The van der Waals surface area contributed by atoms with Gasteiger partial charge in [-0.25, -0.2) is 0 Å². The smallest absolute Gasteiger partial charge is 0.220 e. The summed E-state index contributed by atoms with van der Waals surface area (Å²) < 4.78 is 10.5. The van der Waals surface area contributed by atoms with E-state index in [0.29, 0.717) is 12.8 Å². The molecule has 1 saturated heterocycles. The standard InChI is InChI=1S/C21H34N2O3/c1-16-10-17(2)15-23(14-16)9-5-8-22-21(24)7-6-18-11-19(25-3)13-20(12-18)26-4/h11-13,16-17H,5-10,14-15H2,1-4H3,(H,22,24)/t16-,17-/m1/s1. The lowest BCUT2D eigenvalue weighted by atomic mass is 9.92. The third-order valence-electron chi connectivity index (χ3n) is 4.97. The van der Waals surface area contributed by atoms with Gasteiger partial charge >= 0.3 is 0 Å². The Kier molecular flexibility index (Phi) is 8.23. The van der Waals surface area contributed by atoms with Crippen molar-refractivity contribution in [2.45, 2.75) is 39.5 Å². The van der Waals surface area contributed by atoms with Crippen molar-refractivity contribution in [3.05, 3.63) is 23.8 Å². The molecule has 0 bridgehead atoms. The number of benzene rings is 1. The molecule has 26 heavy (non-hydrogen) atoms. The Morgan fingerprint density at radius 3 is 2.31 bits per heavy atom. The lowest BCUT2D eigenvalue weighted by molar-refractivity contribution is -0.121. The normalized spacial score (nSPS) is 20.6. The minimum absolute atomic E-state index is 0.104. The lowest BCUT2D eigenvalue weighted by Crippen LogP contribution is -2.40. The van der Waals surface area contributed by atoms with Crippen LogP contribution in [0.1, 0.15) is 38.7 Å². The molecule has 5 heteroatoms. The molecule has 146 valence electrons. The van der Waals surface area contributed by atoms with Crippen molar-refractivity contribution >= 4 is 5.91 Å². The largest absolute Gasteiger partial charge is 0.497 e. The maximum absolute atomic E-state index is 12.1. The highest BCUT2D eigenvalue weighted by Crippen LogP contribution is 2.23. The Hall–Kier alpha value is -1.75. The molecule has 0 unspecified atom stereocenters. The third kappa shape index (κ3) is 6.87. The van der Waals surface area contributed by atoms with Crippen molar-refractivity contribution in [3.63, 3.8) is 0 Å². The van der Waals surface area contributed by atoms with Crippen molar-refractivity contribution in [1.29, 1.82) is 0 Å². The molecule has 1 aromatic carbocycles. The second kappa shape index (κ2) is 10.4. The quantitative estimate of drug-likeness (QED) is 0.686. The minimum atomic E-state index is 0.104. The number of aryl methyl sites for hydroxylation is 1. The lowest BCUT2D eigenvalue weighted by Gasteiger charge is -2.34. The van der Waals surface area contributed by atoms with Gasteiger partial charge in [0.25, 0.3) is 0 Å². The van der Waals surface area contributed by atoms with E-state index in [1.165, 1.54) is 19.5 Å².